The first-order valence-electron chi connectivity index (χ1n) is 11.2. The van der Waals surface area contributed by atoms with Crippen LogP contribution in [0.4, 0.5) is 0 Å². The Kier molecular flexibility index (Phi) is 7.73. The van der Waals surface area contributed by atoms with Crippen molar-refractivity contribution < 1.29 is 22.7 Å². The predicted octanol–water partition coefficient (Wildman–Crippen LogP) is 3.30. The van der Waals surface area contributed by atoms with Crippen LogP contribution in [0.3, 0.4) is 0 Å². The molecule has 1 fully saturated rings. The minimum Gasteiger partial charge on any atom is -0.491 e. The van der Waals surface area contributed by atoms with Crippen LogP contribution in [0.15, 0.2) is 57.9 Å². The third kappa shape index (κ3) is 6.15. The molecule has 2 bridgehead atoms. The maximum Gasteiger partial charge on any atom is 0.239 e. The molecule has 0 unspecified atom stereocenters. The minimum atomic E-state index is -3.40. The highest BCUT2D eigenvalue weighted by Crippen LogP contribution is 2.26. The molecule has 3 atom stereocenters. The molecule has 0 aliphatic carbocycles. The van der Waals surface area contributed by atoms with E-state index < -0.39 is 15.9 Å². The Balaban J connectivity index is 1.49. The number of hydrogen-bond acceptors (Lipinski definition) is 6. The number of carbonyl (C=O) groups is 1. The van der Waals surface area contributed by atoms with Crippen LogP contribution in [-0.2, 0) is 26.0 Å². The summed E-state index contributed by atoms with van der Waals surface area (Å²) in [6.45, 7) is 1.17. The van der Waals surface area contributed by atoms with E-state index in [2.05, 4.69) is 15.9 Å². The average molecular weight is 537 g/mol. The zero-order valence-corrected chi connectivity index (χ0v) is 20.8. The number of nitrogens with zero attached hydrogens (tertiary/aromatic N) is 1. The Hall–Kier alpha value is -1.94. The van der Waals surface area contributed by atoms with Gasteiger partial charge in [0.15, 0.2) is 9.84 Å². The maximum atomic E-state index is 13.1. The molecular weight excluding hydrogens is 508 g/mol. The molecular formula is C24H29BrN2O5S. The predicted molar refractivity (Wildman–Crippen MR) is 129 cm³/mol. The zero-order chi connectivity index (χ0) is 23.4. The average Bonchev–Trinajstić information content (AvgIpc) is 3.22. The fourth-order valence-corrected chi connectivity index (χ4v) is 5.94. The standard InChI is InChI=1S/C24H29BrN2O5S/c25-18-9-7-17(8-10-18)15-31-21-12-19-16-32-20-4-3-5-22(13-20)33(29,30)11-2-1-6-23(26)24(28)27(19)14-21/h3-5,7-10,13,19,21,23H,1-2,6,11-12,14-16,26H2/t19-,21-,23-/m0/s1. The van der Waals surface area contributed by atoms with Crippen molar-refractivity contribution in [3.63, 3.8) is 0 Å². The van der Waals surface area contributed by atoms with E-state index in [0.29, 0.717) is 44.6 Å². The Labute approximate surface area is 203 Å². The second kappa shape index (κ2) is 10.5. The number of benzene rings is 2. The molecule has 2 aliphatic rings. The van der Waals surface area contributed by atoms with Crippen LogP contribution < -0.4 is 10.5 Å². The first-order valence-corrected chi connectivity index (χ1v) is 13.6. The normalized spacial score (nSPS) is 25.7. The van der Waals surface area contributed by atoms with Crippen molar-refractivity contribution in [2.45, 2.75) is 55.4 Å². The highest BCUT2D eigenvalue weighted by Gasteiger charge is 2.38. The molecule has 9 heteroatoms. The lowest BCUT2D eigenvalue weighted by Gasteiger charge is -2.27. The van der Waals surface area contributed by atoms with E-state index in [0.717, 1.165) is 10.0 Å². The number of fused-ring (bicyclic) bond motifs is 3. The van der Waals surface area contributed by atoms with Crippen LogP contribution in [-0.4, -0.2) is 56.3 Å². The van der Waals surface area contributed by atoms with Gasteiger partial charge in [-0.1, -0.05) is 40.5 Å². The van der Waals surface area contributed by atoms with Crippen molar-refractivity contribution in [3.8, 4) is 5.75 Å². The highest BCUT2D eigenvalue weighted by atomic mass is 79.9. The fourth-order valence-electron chi connectivity index (χ4n) is 4.28. The SMILES string of the molecule is N[C@H]1CCCCS(=O)(=O)c2cccc(c2)OC[C@@H]2C[C@H](OCc3ccc(Br)cc3)CN2C1=O. The van der Waals surface area contributed by atoms with Gasteiger partial charge in [-0.05, 0) is 55.2 Å². The second-order valence-corrected chi connectivity index (χ2v) is 11.7. The number of carbonyl (C=O) groups excluding carboxylic acids is 1. The summed E-state index contributed by atoms with van der Waals surface area (Å²) >= 11 is 3.43. The third-order valence-electron chi connectivity index (χ3n) is 6.16. The summed E-state index contributed by atoms with van der Waals surface area (Å²) in [7, 11) is -3.40. The molecule has 33 heavy (non-hydrogen) atoms. The van der Waals surface area contributed by atoms with Crippen LogP contribution in [0.1, 0.15) is 31.2 Å². The molecule has 4 rings (SSSR count). The van der Waals surface area contributed by atoms with E-state index in [-0.39, 0.29) is 35.3 Å². The van der Waals surface area contributed by atoms with Gasteiger partial charge in [0.05, 0.1) is 35.4 Å². The number of nitrogens with two attached hydrogens (primary N) is 1. The van der Waals surface area contributed by atoms with Crippen molar-refractivity contribution in [1.29, 1.82) is 0 Å². The summed E-state index contributed by atoms with van der Waals surface area (Å²) < 4.78 is 38.3. The zero-order valence-electron chi connectivity index (χ0n) is 18.4. The van der Waals surface area contributed by atoms with Gasteiger partial charge in [0.25, 0.3) is 0 Å². The Bertz CT molecular complexity index is 1080. The van der Waals surface area contributed by atoms with Gasteiger partial charge >= 0.3 is 0 Å². The first-order chi connectivity index (χ1) is 15.8. The maximum absolute atomic E-state index is 13.1. The highest BCUT2D eigenvalue weighted by molar-refractivity contribution is 9.10. The van der Waals surface area contributed by atoms with E-state index >= 15 is 0 Å². The Morgan fingerprint density at radius 2 is 1.94 bits per heavy atom. The number of rotatable bonds is 3. The Morgan fingerprint density at radius 1 is 1.15 bits per heavy atom. The van der Waals surface area contributed by atoms with Crippen molar-refractivity contribution >= 4 is 31.7 Å². The number of halogens is 1. The van der Waals surface area contributed by atoms with Crippen LogP contribution >= 0.6 is 15.9 Å². The largest absolute Gasteiger partial charge is 0.491 e. The lowest BCUT2D eigenvalue weighted by Crippen LogP contribution is -2.48. The van der Waals surface area contributed by atoms with Crippen molar-refractivity contribution in [2.75, 3.05) is 18.9 Å². The number of sulfone groups is 1. The molecule has 178 valence electrons. The van der Waals surface area contributed by atoms with Gasteiger partial charge in [-0.2, -0.15) is 0 Å². The Morgan fingerprint density at radius 3 is 2.73 bits per heavy atom. The van der Waals surface area contributed by atoms with E-state index in [9.17, 15) is 13.2 Å². The second-order valence-electron chi connectivity index (χ2n) is 8.65. The lowest BCUT2D eigenvalue weighted by atomic mass is 10.1. The number of ether oxygens (including phenoxy) is 2. The number of amides is 1. The molecule has 0 saturated carbocycles. The third-order valence-corrected chi connectivity index (χ3v) is 8.49. The van der Waals surface area contributed by atoms with Gasteiger partial charge in [-0.25, -0.2) is 8.42 Å². The summed E-state index contributed by atoms with van der Waals surface area (Å²) in [6.07, 6.45) is 1.98. The van der Waals surface area contributed by atoms with Gasteiger partial charge < -0.3 is 20.1 Å². The molecule has 2 aliphatic heterocycles. The molecule has 7 nitrogen and oxygen atoms in total. The first kappa shape index (κ1) is 24.2. The van der Waals surface area contributed by atoms with Crippen LogP contribution in [0.5, 0.6) is 5.75 Å². The van der Waals surface area contributed by atoms with Crippen molar-refractivity contribution in [3.05, 3.63) is 58.6 Å². The fraction of sp³-hybridized carbons (Fsp3) is 0.458. The minimum absolute atomic E-state index is 0.0235. The van der Waals surface area contributed by atoms with Gasteiger partial charge in [-0.3, -0.25) is 4.79 Å². The van der Waals surface area contributed by atoms with Gasteiger partial charge in [0.1, 0.15) is 12.4 Å². The van der Waals surface area contributed by atoms with Crippen LogP contribution in [0.25, 0.3) is 0 Å². The lowest BCUT2D eigenvalue weighted by molar-refractivity contribution is -0.134. The summed E-state index contributed by atoms with van der Waals surface area (Å²) in [5.41, 5.74) is 7.27. The smallest absolute Gasteiger partial charge is 0.239 e. The van der Waals surface area contributed by atoms with Gasteiger partial charge in [0, 0.05) is 11.0 Å². The van der Waals surface area contributed by atoms with Crippen LogP contribution in [0.2, 0.25) is 0 Å². The van der Waals surface area contributed by atoms with E-state index in [4.69, 9.17) is 15.2 Å². The molecule has 0 spiro atoms. The van der Waals surface area contributed by atoms with Crippen molar-refractivity contribution in [1.82, 2.24) is 4.90 Å². The molecule has 2 N–H and O–H groups in total. The van der Waals surface area contributed by atoms with Crippen LogP contribution in [0, 0.1) is 0 Å². The van der Waals surface area contributed by atoms with Crippen molar-refractivity contribution in [2.24, 2.45) is 5.73 Å². The quantitative estimate of drug-likeness (QED) is 0.646. The van der Waals surface area contributed by atoms with Gasteiger partial charge in [0.2, 0.25) is 5.91 Å². The monoisotopic (exact) mass is 536 g/mol. The summed E-state index contributed by atoms with van der Waals surface area (Å²) in [6, 6.07) is 13.7. The molecule has 2 aromatic carbocycles. The molecule has 1 amide bonds. The summed E-state index contributed by atoms with van der Waals surface area (Å²) in [4.78, 5) is 15.2. The van der Waals surface area contributed by atoms with Gasteiger partial charge in [-0.15, -0.1) is 0 Å². The van der Waals surface area contributed by atoms with E-state index in [1.165, 1.54) is 0 Å². The molecule has 2 aromatic rings. The number of hydrogen-bond donors (Lipinski definition) is 1. The molecule has 2 heterocycles. The molecule has 0 aromatic heterocycles. The summed E-state index contributed by atoms with van der Waals surface area (Å²) in [5.74, 6) is 0.367. The molecule has 1 saturated heterocycles. The summed E-state index contributed by atoms with van der Waals surface area (Å²) in [5, 5.41) is 0. The van der Waals surface area contributed by atoms with E-state index in [1.807, 2.05) is 24.3 Å². The topological polar surface area (TPSA) is 98.9 Å². The molecule has 0 radical (unpaired) electrons. The van der Waals surface area contributed by atoms with E-state index in [1.54, 1.807) is 29.2 Å².